The Hall–Kier alpha value is -1.54. The lowest BCUT2D eigenvalue weighted by Crippen LogP contribution is -2.36. The van der Waals surface area contributed by atoms with Gasteiger partial charge in [0.2, 0.25) is 0 Å². The van der Waals surface area contributed by atoms with Gasteiger partial charge in [-0.3, -0.25) is 4.90 Å². The van der Waals surface area contributed by atoms with Crippen molar-refractivity contribution in [2.45, 2.75) is 39.7 Å². The summed E-state index contributed by atoms with van der Waals surface area (Å²) in [7, 11) is 0. The van der Waals surface area contributed by atoms with Gasteiger partial charge in [-0.15, -0.1) is 11.3 Å². The van der Waals surface area contributed by atoms with Crippen LogP contribution in [0.3, 0.4) is 0 Å². The van der Waals surface area contributed by atoms with E-state index < -0.39 is 0 Å². The van der Waals surface area contributed by atoms with Gasteiger partial charge in [-0.2, -0.15) is 0 Å². The van der Waals surface area contributed by atoms with Crippen LogP contribution in [0.15, 0.2) is 22.7 Å². The normalized spacial score (nSPS) is 19.8. The van der Waals surface area contributed by atoms with Crippen molar-refractivity contribution < 1.29 is 4.74 Å². The van der Waals surface area contributed by atoms with E-state index in [-0.39, 0.29) is 0 Å². The fraction of sp³-hybridized carbons (Fsp3) is 0.478. The quantitative estimate of drug-likeness (QED) is 0.530. The molecule has 7 heteroatoms. The number of morpholine rings is 1. The van der Waals surface area contributed by atoms with E-state index in [1.54, 1.807) is 0 Å². The molecule has 5 rings (SSSR count). The molecule has 3 aromatic rings. The van der Waals surface area contributed by atoms with Crippen LogP contribution in [0.2, 0.25) is 0 Å². The SMILES string of the molecule is Cc1cc(Nc2nc(CN3CCOCC3)nc3sc4c(c23)CCC(C)C4)ccc1Br. The fourth-order valence-corrected chi connectivity index (χ4v) is 6.01. The average Bonchev–Trinajstić information content (AvgIpc) is 3.09. The van der Waals surface area contributed by atoms with Gasteiger partial charge in [-0.05, 0) is 61.4 Å². The van der Waals surface area contributed by atoms with Crippen LogP contribution in [0.25, 0.3) is 10.2 Å². The second kappa shape index (κ2) is 8.54. The molecule has 2 aromatic heterocycles. The molecule has 5 nitrogen and oxygen atoms in total. The topological polar surface area (TPSA) is 50.3 Å². The summed E-state index contributed by atoms with van der Waals surface area (Å²) in [6.45, 7) is 8.69. The summed E-state index contributed by atoms with van der Waals surface area (Å²) in [6.07, 6.45) is 3.52. The maximum absolute atomic E-state index is 5.50. The van der Waals surface area contributed by atoms with Crippen LogP contribution in [0.4, 0.5) is 11.5 Å². The number of hydrogen-bond acceptors (Lipinski definition) is 6. The molecule has 30 heavy (non-hydrogen) atoms. The lowest BCUT2D eigenvalue weighted by Gasteiger charge is -2.26. The first-order valence-corrected chi connectivity index (χ1v) is 12.3. The number of ether oxygens (including phenoxy) is 1. The fourth-order valence-electron chi connectivity index (χ4n) is 4.37. The van der Waals surface area contributed by atoms with Crippen LogP contribution in [-0.2, 0) is 24.1 Å². The molecule has 0 spiro atoms. The second-order valence-electron chi connectivity index (χ2n) is 8.50. The molecule has 1 fully saturated rings. The molecule has 1 unspecified atom stereocenters. The van der Waals surface area contributed by atoms with E-state index in [1.165, 1.54) is 27.8 Å². The smallest absolute Gasteiger partial charge is 0.146 e. The lowest BCUT2D eigenvalue weighted by atomic mass is 9.89. The van der Waals surface area contributed by atoms with Gasteiger partial charge in [-0.25, -0.2) is 9.97 Å². The molecule has 1 saturated heterocycles. The van der Waals surface area contributed by atoms with Crippen molar-refractivity contribution in [2.75, 3.05) is 31.6 Å². The molecule has 1 aliphatic carbocycles. The Morgan fingerprint density at radius 3 is 2.90 bits per heavy atom. The Labute approximate surface area is 190 Å². The van der Waals surface area contributed by atoms with Crippen molar-refractivity contribution in [1.82, 2.24) is 14.9 Å². The highest BCUT2D eigenvalue weighted by Gasteiger charge is 2.24. The van der Waals surface area contributed by atoms with Gasteiger partial charge in [0.15, 0.2) is 0 Å². The molecule has 0 amide bonds. The predicted octanol–water partition coefficient (Wildman–Crippen LogP) is 5.46. The van der Waals surface area contributed by atoms with Crippen molar-refractivity contribution in [1.29, 1.82) is 0 Å². The molecule has 0 radical (unpaired) electrons. The minimum Gasteiger partial charge on any atom is -0.379 e. The Bertz CT molecular complexity index is 1080. The van der Waals surface area contributed by atoms with E-state index >= 15 is 0 Å². The summed E-state index contributed by atoms with van der Waals surface area (Å²) in [5.41, 5.74) is 3.74. The molecule has 158 valence electrons. The van der Waals surface area contributed by atoms with Crippen LogP contribution in [0, 0.1) is 12.8 Å². The lowest BCUT2D eigenvalue weighted by molar-refractivity contribution is 0.0331. The molecule has 0 bridgehead atoms. The van der Waals surface area contributed by atoms with Crippen LogP contribution in [0.5, 0.6) is 0 Å². The largest absolute Gasteiger partial charge is 0.379 e. The molecule has 1 aliphatic heterocycles. The van der Waals surface area contributed by atoms with Gasteiger partial charge in [-0.1, -0.05) is 22.9 Å². The van der Waals surface area contributed by atoms with Gasteiger partial charge in [0.05, 0.1) is 25.1 Å². The van der Waals surface area contributed by atoms with Gasteiger partial charge in [0.1, 0.15) is 16.5 Å². The number of halogens is 1. The summed E-state index contributed by atoms with van der Waals surface area (Å²) in [4.78, 5) is 15.1. The van der Waals surface area contributed by atoms with Gasteiger partial charge in [0, 0.05) is 28.1 Å². The van der Waals surface area contributed by atoms with Crippen LogP contribution < -0.4 is 5.32 Å². The highest BCUT2D eigenvalue weighted by molar-refractivity contribution is 9.10. The molecular weight excluding hydrogens is 460 g/mol. The molecule has 1 atom stereocenters. The number of nitrogens with zero attached hydrogens (tertiary/aromatic N) is 3. The summed E-state index contributed by atoms with van der Waals surface area (Å²) in [5, 5.41) is 4.86. The average molecular weight is 487 g/mol. The Morgan fingerprint density at radius 2 is 2.10 bits per heavy atom. The highest BCUT2D eigenvalue weighted by Crippen LogP contribution is 2.41. The highest BCUT2D eigenvalue weighted by atomic mass is 79.9. The number of nitrogens with one attached hydrogen (secondary N) is 1. The van der Waals surface area contributed by atoms with Gasteiger partial charge < -0.3 is 10.1 Å². The minimum atomic E-state index is 0.747. The number of anilines is 2. The molecule has 3 heterocycles. The van der Waals surface area contributed by atoms with E-state index in [9.17, 15) is 0 Å². The first kappa shape index (κ1) is 20.4. The Kier molecular flexibility index (Phi) is 5.79. The first-order valence-electron chi connectivity index (χ1n) is 10.7. The molecule has 0 saturated carbocycles. The number of benzene rings is 1. The van der Waals surface area contributed by atoms with Gasteiger partial charge >= 0.3 is 0 Å². The predicted molar refractivity (Wildman–Crippen MR) is 127 cm³/mol. The van der Waals surface area contributed by atoms with E-state index in [2.05, 4.69) is 58.2 Å². The zero-order chi connectivity index (χ0) is 20.7. The van der Waals surface area contributed by atoms with E-state index in [0.29, 0.717) is 0 Å². The zero-order valence-corrected chi connectivity index (χ0v) is 19.9. The van der Waals surface area contributed by atoms with Crippen molar-refractivity contribution in [3.63, 3.8) is 0 Å². The number of fused-ring (bicyclic) bond motifs is 3. The van der Waals surface area contributed by atoms with Crippen LogP contribution in [0.1, 0.15) is 35.2 Å². The minimum absolute atomic E-state index is 0.747. The van der Waals surface area contributed by atoms with Crippen LogP contribution in [-0.4, -0.2) is 41.2 Å². The molecular formula is C23H27BrN4OS. The molecule has 1 N–H and O–H groups in total. The van der Waals surface area contributed by atoms with Crippen molar-refractivity contribution in [3.8, 4) is 0 Å². The number of aromatic nitrogens is 2. The zero-order valence-electron chi connectivity index (χ0n) is 17.5. The summed E-state index contributed by atoms with van der Waals surface area (Å²) in [5.74, 6) is 2.60. The first-order chi connectivity index (χ1) is 14.6. The second-order valence-corrected chi connectivity index (χ2v) is 10.4. The standard InChI is InChI=1S/C23H27BrN4OS/c1-14-3-5-17-19(11-14)30-23-21(17)22(25-16-4-6-18(24)15(2)12-16)26-20(27-23)13-28-7-9-29-10-8-28/h4,6,12,14H,3,5,7-11,13H2,1-2H3,(H,25,26,27). The number of thiophene rings is 1. The Morgan fingerprint density at radius 1 is 1.27 bits per heavy atom. The Balaban J connectivity index is 1.56. The summed E-state index contributed by atoms with van der Waals surface area (Å²) < 4.78 is 6.62. The molecule has 1 aromatic carbocycles. The van der Waals surface area contributed by atoms with Crippen molar-refractivity contribution in [2.24, 2.45) is 5.92 Å². The molecule has 2 aliphatic rings. The maximum atomic E-state index is 5.50. The summed E-state index contributed by atoms with van der Waals surface area (Å²) in [6, 6.07) is 6.36. The van der Waals surface area contributed by atoms with Crippen molar-refractivity contribution in [3.05, 3.63) is 44.5 Å². The summed E-state index contributed by atoms with van der Waals surface area (Å²) >= 11 is 5.47. The van der Waals surface area contributed by atoms with Crippen LogP contribution >= 0.6 is 27.3 Å². The third-order valence-corrected chi connectivity index (χ3v) is 8.13. The third-order valence-electron chi connectivity index (χ3n) is 6.09. The number of hydrogen-bond donors (Lipinski definition) is 1. The van der Waals surface area contributed by atoms with Crippen molar-refractivity contribution >= 4 is 49.0 Å². The monoisotopic (exact) mass is 486 g/mol. The number of rotatable bonds is 4. The third kappa shape index (κ3) is 4.13. The van der Waals surface area contributed by atoms with E-state index in [4.69, 9.17) is 14.7 Å². The van der Waals surface area contributed by atoms with E-state index in [1.807, 2.05) is 11.3 Å². The van der Waals surface area contributed by atoms with Gasteiger partial charge in [0.25, 0.3) is 0 Å². The number of aryl methyl sites for hydroxylation is 2. The van der Waals surface area contributed by atoms with E-state index in [0.717, 1.165) is 78.2 Å². The maximum Gasteiger partial charge on any atom is 0.146 e.